The summed E-state index contributed by atoms with van der Waals surface area (Å²) < 4.78 is 5.11. The summed E-state index contributed by atoms with van der Waals surface area (Å²) in [5, 5.41) is 7.99. The summed E-state index contributed by atoms with van der Waals surface area (Å²) in [6, 6.07) is 5.12. The minimum absolute atomic E-state index is 0.0116. The van der Waals surface area contributed by atoms with E-state index in [2.05, 4.69) is 20.5 Å². The fraction of sp³-hybridized carbons (Fsp3) is 0.357. The normalized spacial score (nSPS) is 12.1. The van der Waals surface area contributed by atoms with Crippen LogP contribution < -0.4 is 10.9 Å². The molecule has 0 aliphatic rings. The molecule has 2 rings (SSSR count). The van der Waals surface area contributed by atoms with Gasteiger partial charge in [-0.2, -0.15) is 0 Å². The lowest BCUT2D eigenvalue weighted by Gasteiger charge is -2.17. The first-order valence-corrected chi connectivity index (χ1v) is 6.57. The third-order valence-corrected chi connectivity index (χ3v) is 3.14. The zero-order valence-electron chi connectivity index (χ0n) is 12.0. The van der Waals surface area contributed by atoms with E-state index in [-0.39, 0.29) is 23.9 Å². The minimum Gasteiger partial charge on any atom is -0.382 e. The second-order valence-electron chi connectivity index (χ2n) is 4.69. The quantitative estimate of drug-likeness (QED) is 0.719. The maximum atomic E-state index is 12.1. The Kier molecular flexibility index (Phi) is 4.89. The summed E-state index contributed by atoms with van der Waals surface area (Å²) in [4.78, 5) is 27.9. The van der Waals surface area contributed by atoms with Crippen LogP contribution in [0.2, 0.25) is 0 Å². The second kappa shape index (κ2) is 6.85. The molecule has 0 radical (unpaired) electrons. The van der Waals surface area contributed by atoms with Crippen LogP contribution >= 0.6 is 0 Å². The lowest BCUT2D eigenvalue weighted by atomic mass is 10.1. The van der Waals surface area contributed by atoms with Crippen LogP contribution in [0.15, 0.2) is 29.2 Å². The van der Waals surface area contributed by atoms with Gasteiger partial charge in [-0.05, 0) is 19.1 Å². The molecule has 3 N–H and O–H groups in total. The highest BCUT2D eigenvalue weighted by Gasteiger charge is 2.18. The van der Waals surface area contributed by atoms with Gasteiger partial charge in [0.15, 0.2) is 0 Å². The number of pyridine rings is 1. The van der Waals surface area contributed by atoms with Gasteiger partial charge in [-0.15, -0.1) is 0 Å². The Morgan fingerprint density at radius 1 is 1.43 bits per heavy atom. The Morgan fingerprint density at radius 3 is 2.81 bits per heavy atom. The number of aromatic nitrogens is 3. The topological polar surface area (TPSA) is 99.9 Å². The SMILES string of the molecule is COC[C@@H](NC(=O)Cc1c(C)[nH][nH]c1=O)c1ccccn1. The van der Waals surface area contributed by atoms with E-state index in [1.54, 1.807) is 26.3 Å². The van der Waals surface area contributed by atoms with E-state index in [4.69, 9.17) is 4.74 Å². The average Bonchev–Trinajstić information content (AvgIpc) is 2.79. The highest BCUT2D eigenvalue weighted by Crippen LogP contribution is 2.10. The molecule has 0 unspecified atom stereocenters. The molecule has 0 aliphatic heterocycles. The zero-order chi connectivity index (χ0) is 15.2. The first-order chi connectivity index (χ1) is 10.1. The predicted octanol–water partition coefficient (Wildman–Crippen LogP) is 0.453. The van der Waals surface area contributed by atoms with Gasteiger partial charge >= 0.3 is 0 Å². The van der Waals surface area contributed by atoms with E-state index < -0.39 is 0 Å². The molecule has 2 aromatic rings. The van der Waals surface area contributed by atoms with Gasteiger partial charge in [0.25, 0.3) is 5.56 Å². The largest absolute Gasteiger partial charge is 0.382 e. The van der Waals surface area contributed by atoms with E-state index in [0.29, 0.717) is 23.6 Å². The third kappa shape index (κ3) is 3.79. The number of nitrogens with zero attached hydrogens (tertiary/aromatic N) is 1. The molecule has 1 atom stereocenters. The monoisotopic (exact) mass is 290 g/mol. The number of aromatic amines is 2. The van der Waals surface area contributed by atoms with E-state index >= 15 is 0 Å². The van der Waals surface area contributed by atoms with Gasteiger partial charge in [0, 0.05) is 24.6 Å². The van der Waals surface area contributed by atoms with Crippen LogP contribution in [0.1, 0.15) is 23.0 Å². The Hall–Kier alpha value is -2.41. The van der Waals surface area contributed by atoms with Crippen molar-refractivity contribution in [1.29, 1.82) is 0 Å². The van der Waals surface area contributed by atoms with Crippen molar-refractivity contribution >= 4 is 5.91 Å². The lowest BCUT2D eigenvalue weighted by Crippen LogP contribution is -2.33. The standard InChI is InChI=1S/C14H18N4O3/c1-9-10(14(20)18-17-9)7-13(19)16-12(8-21-2)11-5-3-4-6-15-11/h3-6,12H,7-8H2,1-2H3,(H,16,19)(H2,17,18,20)/t12-/m1/s1. The van der Waals surface area contributed by atoms with Crippen molar-refractivity contribution in [2.24, 2.45) is 0 Å². The molecule has 0 fully saturated rings. The van der Waals surface area contributed by atoms with Crippen LogP contribution in [0.3, 0.4) is 0 Å². The van der Waals surface area contributed by atoms with Crippen molar-refractivity contribution < 1.29 is 9.53 Å². The number of H-pyrrole nitrogens is 2. The van der Waals surface area contributed by atoms with Gasteiger partial charge in [0.2, 0.25) is 5.91 Å². The average molecular weight is 290 g/mol. The summed E-state index contributed by atoms with van der Waals surface area (Å²) in [6.45, 7) is 2.05. The zero-order valence-corrected chi connectivity index (χ0v) is 12.0. The summed E-state index contributed by atoms with van der Waals surface area (Å²) in [6.07, 6.45) is 1.67. The van der Waals surface area contributed by atoms with Gasteiger partial charge in [-0.3, -0.25) is 19.7 Å². The highest BCUT2D eigenvalue weighted by atomic mass is 16.5. The third-order valence-electron chi connectivity index (χ3n) is 3.14. The Morgan fingerprint density at radius 2 is 2.24 bits per heavy atom. The fourth-order valence-electron chi connectivity index (χ4n) is 2.04. The second-order valence-corrected chi connectivity index (χ2v) is 4.69. The van der Waals surface area contributed by atoms with E-state index in [1.165, 1.54) is 0 Å². The molecule has 0 spiro atoms. The molecule has 21 heavy (non-hydrogen) atoms. The molecule has 2 heterocycles. The van der Waals surface area contributed by atoms with Crippen LogP contribution in [-0.4, -0.2) is 34.8 Å². The van der Waals surface area contributed by atoms with Crippen molar-refractivity contribution in [1.82, 2.24) is 20.5 Å². The highest BCUT2D eigenvalue weighted by molar-refractivity contribution is 5.79. The summed E-state index contributed by atoms with van der Waals surface area (Å²) in [5.41, 5.74) is 1.54. The predicted molar refractivity (Wildman–Crippen MR) is 76.9 cm³/mol. The number of carbonyl (C=O) groups is 1. The minimum atomic E-state index is -0.345. The first kappa shape index (κ1) is 15.0. The Bertz CT molecular complexity index is 648. The molecule has 0 saturated carbocycles. The summed E-state index contributed by atoms with van der Waals surface area (Å²) in [7, 11) is 1.56. The molecule has 0 saturated heterocycles. The maximum absolute atomic E-state index is 12.1. The Labute approximate surface area is 121 Å². The first-order valence-electron chi connectivity index (χ1n) is 6.57. The van der Waals surface area contributed by atoms with Gasteiger partial charge in [-0.25, -0.2) is 0 Å². The van der Waals surface area contributed by atoms with Gasteiger partial charge in [0.05, 0.1) is 24.8 Å². The number of rotatable bonds is 6. The number of aryl methyl sites for hydroxylation is 1. The molecular formula is C14H18N4O3. The van der Waals surface area contributed by atoms with Crippen molar-refractivity contribution in [2.45, 2.75) is 19.4 Å². The molecular weight excluding hydrogens is 272 g/mol. The van der Waals surface area contributed by atoms with Gasteiger partial charge < -0.3 is 15.2 Å². The van der Waals surface area contributed by atoms with Crippen molar-refractivity contribution in [2.75, 3.05) is 13.7 Å². The van der Waals surface area contributed by atoms with Crippen molar-refractivity contribution in [3.8, 4) is 0 Å². The molecule has 0 bridgehead atoms. The van der Waals surface area contributed by atoms with Crippen LogP contribution in [0, 0.1) is 6.92 Å². The number of amides is 1. The number of nitrogens with one attached hydrogen (secondary N) is 3. The molecule has 7 heteroatoms. The Balaban J connectivity index is 2.07. The van der Waals surface area contributed by atoms with Crippen LogP contribution in [0.5, 0.6) is 0 Å². The van der Waals surface area contributed by atoms with Crippen molar-refractivity contribution in [3.05, 3.63) is 51.7 Å². The molecule has 1 amide bonds. The number of carbonyl (C=O) groups excluding carboxylic acids is 1. The van der Waals surface area contributed by atoms with E-state index in [0.717, 1.165) is 0 Å². The van der Waals surface area contributed by atoms with E-state index in [9.17, 15) is 9.59 Å². The molecule has 2 aromatic heterocycles. The fourth-order valence-corrected chi connectivity index (χ4v) is 2.04. The van der Waals surface area contributed by atoms with Crippen LogP contribution in [0.4, 0.5) is 0 Å². The molecule has 0 aliphatic carbocycles. The van der Waals surface area contributed by atoms with Crippen molar-refractivity contribution in [3.63, 3.8) is 0 Å². The van der Waals surface area contributed by atoms with Crippen LogP contribution in [0.25, 0.3) is 0 Å². The van der Waals surface area contributed by atoms with E-state index in [1.807, 2.05) is 12.1 Å². The summed E-state index contributed by atoms with van der Waals surface area (Å²) in [5.74, 6) is -0.254. The number of hydrogen-bond acceptors (Lipinski definition) is 4. The molecule has 112 valence electrons. The summed E-state index contributed by atoms with van der Waals surface area (Å²) >= 11 is 0. The molecule has 7 nitrogen and oxygen atoms in total. The smallest absolute Gasteiger partial charge is 0.267 e. The van der Waals surface area contributed by atoms with Gasteiger partial charge in [0.1, 0.15) is 0 Å². The molecule has 0 aromatic carbocycles. The number of hydrogen-bond donors (Lipinski definition) is 3. The maximum Gasteiger partial charge on any atom is 0.267 e. The number of methoxy groups -OCH3 is 1. The lowest BCUT2D eigenvalue weighted by molar-refractivity contribution is -0.121. The van der Waals surface area contributed by atoms with Gasteiger partial charge in [-0.1, -0.05) is 6.07 Å². The van der Waals surface area contributed by atoms with Crippen LogP contribution in [-0.2, 0) is 16.0 Å². The number of ether oxygens (including phenoxy) is 1.